The van der Waals surface area contributed by atoms with Crippen molar-refractivity contribution in [2.45, 2.75) is 26.8 Å². The van der Waals surface area contributed by atoms with E-state index in [1.807, 2.05) is 13.0 Å². The summed E-state index contributed by atoms with van der Waals surface area (Å²) in [5.41, 5.74) is 5.07. The molecule has 5 N–H and O–H groups in total. The molecule has 0 aliphatic rings. The summed E-state index contributed by atoms with van der Waals surface area (Å²) in [4.78, 5) is 35.9. The molecule has 2 rings (SSSR count). The molecule has 0 aliphatic carbocycles. The lowest BCUT2D eigenvalue weighted by molar-refractivity contribution is -0.684. The van der Waals surface area contributed by atoms with Crippen LogP contribution in [0.4, 0.5) is 5.88 Å². The predicted molar refractivity (Wildman–Crippen MR) is 90.5 cm³/mol. The molecule has 0 bridgehead atoms. The van der Waals surface area contributed by atoms with E-state index in [2.05, 4.69) is 5.32 Å². The predicted octanol–water partition coefficient (Wildman–Crippen LogP) is 0.720. The minimum atomic E-state index is -0.895. The van der Waals surface area contributed by atoms with Crippen LogP contribution in [0.15, 0.2) is 27.2 Å². The summed E-state index contributed by atoms with van der Waals surface area (Å²) in [7, 11) is 0. The molecule has 0 unspecified atom stereocenters. The maximum absolute atomic E-state index is 12.2. The Morgan fingerprint density at radius 1 is 1.35 bits per heavy atom. The van der Waals surface area contributed by atoms with E-state index < -0.39 is 17.8 Å². The number of nitrogens with one attached hydrogen (secondary N) is 1. The van der Waals surface area contributed by atoms with Gasteiger partial charge in [-0.1, -0.05) is 0 Å². The molecule has 0 spiro atoms. The van der Waals surface area contributed by atoms with Gasteiger partial charge in [-0.2, -0.15) is 0 Å². The van der Waals surface area contributed by atoms with Gasteiger partial charge in [0, 0.05) is 0 Å². The van der Waals surface area contributed by atoms with Crippen molar-refractivity contribution in [1.82, 2.24) is 0 Å². The van der Waals surface area contributed by atoms with Crippen LogP contribution in [-0.4, -0.2) is 30.9 Å². The van der Waals surface area contributed by atoms with E-state index in [9.17, 15) is 14.4 Å². The van der Waals surface area contributed by atoms with Gasteiger partial charge in [0.05, 0.1) is 12.9 Å². The van der Waals surface area contributed by atoms with Crippen LogP contribution in [0, 0.1) is 6.92 Å². The third kappa shape index (κ3) is 4.31. The molecule has 26 heavy (non-hydrogen) atoms. The van der Waals surface area contributed by atoms with Crippen molar-refractivity contribution in [3.63, 3.8) is 0 Å². The second kappa shape index (κ2) is 8.34. The van der Waals surface area contributed by atoms with E-state index in [1.54, 1.807) is 24.6 Å². The first-order valence-corrected chi connectivity index (χ1v) is 8.12. The van der Waals surface area contributed by atoms with Gasteiger partial charge in [0.15, 0.2) is 12.3 Å². The molecule has 2 amide bonds. The number of hydrogen-bond acceptors (Lipinski definition) is 6. The summed E-state index contributed by atoms with van der Waals surface area (Å²) < 4.78 is 15.5. The molecule has 0 fully saturated rings. The number of furan rings is 2. The van der Waals surface area contributed by atoms with Gasteiger partial charge in [-0.25, -0.2) is 4.79 Å². The molecule has 9 heteroatoms. The van der Waals surface area contributed by atoms with Gasteiger partial charge in [-0.15, -0.1) is 0 Å². The first kappa shape index (κ1) is 19.3. The fourth-order valence-electron chi connectivity index (χ4n) is 2.44. The molecule has 140 valence electrons. The van der Waals surface area contributed by atoms with Gasteiger partial charge in [0.1, 0.15) is 22.9 Å². The summed E-state index contributed by atoms with van der Waals surface area (Å²) >= 11 is 0. The lowest BCUT2D eigenvalue weighted by atomic mass is 10.1. The van der Waals surface area contributed by atoms with Gasteiger partial charge < -0.3 is 24.6 Å². The molecule has 2 heterocycles. The molecule has 9 nitrogen and oxygen atoms in total. The number of amides is 2. The summed E-state index contributed by atoms with van der Waals surface area (Å²) in [6.07, 6.45) is 1.56. The van der Waals surface area contributed by atoms with Gasteiger partial charge >= 0.3 is 5.97 Å². The summed E-state index contributed by atoms with van der Waals surface area (Å²) in [5, 5.41) is 4.22. The highest BCUT2D eigenvalue weighted by molar-refractivity contribution is 6.10. The second-order valence-electron chi connectivity index (χ2n) is 5.61. The number of quaternary nitrogens is 1. The Kier molecular flexibility index (Phi) is 6.18. The monoisotopic (exact) mass is 364 g/mol. The van der Waals surface area contributed by atoms with Gasteiger partial charge in [-0.3, -0.25) is 14.9 Å². The van der Waals surface area contributed by atoms with Crippen molar-refractivity contribution >= 4 is 23.7 Å². The molecule has 0 aromatic carbocycles. The minimum Gasteiger partial charge on any atom is -0.463 e. The third-order valence-corrected chi connectivity index (χ3v) is 3.71. The highest BCUT2D eigenvalue weighted by Crippen LogP contribution is 2.27. The highest BCUT2D eigenvalue weighted by Gasteiger charge is 2.29. The van der Waals surface area contributed by atoms with Crippen LogP contribution < -0.4 is 16.4 Å². The summed E-state index contributed by atoms with van der Waals surface area (Å²) in [6, 6.07) is 3.51. The van der Waals surface area contributed by atoms with Gasteiger partial charge in [0.2, 0.25) is 5.88 Å². The van der Waals surface area contributed by atoms with Gasteiger partial charge in [-0.05, 0) is 32.9 Å². The number of nitrogens with two attached hydrogens (primary N) is 2. The van der Waals surface area contributed by atoms with Crippen molar-refractivity contribution in [2.75, 3.05) is 18.5 Å². The second-order valence-corrected chi connectivity index (χ2v) is 5.61. The Bertz CT molecular complexity index is 794. The van der Waals surface area contributed by atoms with Gasteiger partial charge in [0.25, 0.3) is 11.8 Å². The molecule has 0 aliphatic heterocycles. The Labute approximate surface area is 149 Å². The Morgan fingerprint density at radius 2 is 2.08 bits per heavy atom. The number of aryl methyl sites for hydroxylation is 1. The number of esters is 1. The van der Waals surface area contributed by atoms with Crippen LogP contribution in [-0.2, 0) is 9.53 Å². The van der Waals surface area contributed by atoms with E-state index in [0.717, 1.165) is 5.76 Å². The number of hydrogen-bond donors (Lipinski definition) is 3. The van der Waals surface area contributed by atoms with E-state index >= 15 is 0 Å². The molecule has 2 aromatic heterocycles. The molecular weight excluding hydrogens is 342 g/mol. The quantitative estimate of drug-likeness (QED) is 0.589. The van der Waals surface area contributed by atoms with Crippen molar-refractivity contribution in [1.29, 1.82) is 0 Å². The maximum atomic E-state index is 12.2. The first-order chi connectivity index (χ1) is 12.3. The SMILES string of the molecule is CCOC(=O)c1c(C)oc(NC(=O)C[NH2+][C@@H](C)c2ccco2)c1C(N)=O. The van der Waals surface area contributed by atoms with Crippen molar-refractivity contribution in [2.24, 2.45) is 5.73 Å². The number of carbonyl (C=O) groups is 3. The topological polar surface area (TPSA) is 141 Å². The minimum absolute atomic E-state index is 0.0502. The van der Waals surface area contributed by atoms with E-state index in [0.29, 0.717) is 0 Å². The number of ether oxygens (including phenoxy) is 1. The fraction of sp³-hybridized carbons (Fsp3) is 0.353. The number of rotatable bonds is 8. The average Bonchev–Trinajstić information content (AvgIpc) is 3.20. The zero-order valence-electron chi connectivity index (χ0n) is 14.8. The Morgan fingerprint density at radius 3 is 2.65 bits per heavy atom. The zero-order chi connectivity index (χ0) is 19.3. The molecule has 0 saturated carbocycles. The summed E-state index contributed by atoms with van der Waals surface area (Å²) in [5.74, 6) is -1.35. The lowest BCUT2D eigenvalue weighted by Gasteiger charge is -2.08. The number of carbonyl (C=O) groups excluding carboxylic acids is 3. The molecule has 1 atom stereocenters. The van der Waals surface area contributed by atoms with Crippen molar-refractivity contribution in [3.8, 4) is 0 Å². The highest BCUT2D eigenvalue weighted by atomic mass is 16.5. The van der Waals surface area contributed by atoms with Crippen LogP contribution in [0.5, 0.6) is 0 Å². The number of primary amides is 1. The molecule has 0 radical (unpaired) electrons. The van der Waals surface area contributed by atoms with Crippen LogP contribution in [0.1, 0.15) is 52.1 Å². The van der Waals surface area contributed by atoms with Crippen LogP contribution in [0.3, 0.4) is 0 Å². The van der Waals surface area contributed by atoms with E-state index in [-0.39, 0.29) is 42.0 Å². The zero-order valence-corrected chi connectivity index (χ0v) is 14.8. The largest absolute Gasteiger partial charge is 0.463 e. The summed E-state index contributed by atoms with van der Waals surface area (Å²) in [6.45, 7) is 5.18. The normalized spacial score (nSPS) is 11.8. The molecule has 0 saturated heterocycles. The molecule has 2 aromatic rings. The maximum Gasteiger partial charge on any atom is 0.342 e. The smallest absolute Gasteiger partial charge is 0.342 e. The average molecular weight is 364 g/mol. The first-order valence-electron chi connectivity index (χ1n) is 8.12. The number of anilines is 1. The lowest BCUT2D eigenvalue weighted by Crippen LogP contribution is -2.86. The standard InChI is InChI=1S/C17H21N3O6/c1-4-24-17(23)13-10(3)26-16(14(13)15(18)22)20-12(21)8-19-9(2)11-6-5-7-25-11/h5-7,9,19H,4,8H2,1-3H3,(H2,18,22)(H,20,21)/p+1/t9-/m0/s1. The van der Waals surface area contributed by atoms with E-state index in [4.69, 9.17) is 19.3 Å². The third-order valence-electron chi connectivity index (χ3n) is 3.71. The van der Waals surface area contributed by atoms with Crippen LogP contribution in [0.2, 0.25) is 0 Å². The van der Waals surface area contributed by atoms with E-state index in [1.165, 1.54) is 6.92 Å². The Balaban J connectivity index is 2.10. The Hall–Kier alpha value is -3.07. The van der Waals surface area contributed by atoms with Crippen molar-refractivity contribution in [3.05, 3.63) is 41.0 Å². The van der Waals surface area contributed by atoms with Crippen LogP contribution >= 0.6 is 0 Å². The fourth-order valence-corrected chi connectivity index (χ4v) is 2.44. The van der Waals surface area contributed by atoms with Crippen molar-refractivity contribution < 1.29 is 33.3 Å². The van der Waals surface area contributed by atoms with Crippen LogP contribution in [0.25, 0.3) is 0 Å². The molecular formula is C17H22N3O6+.